The summed E-state index contributed by atoms with van der Waals surface area (Å²) in [5, 5.41) is 13.1. The number of nitrogens with one attached hydrogen (secondary N) is 1. The summed E-state index contributed by atoms with van der Waals surface area (Å²) >= 11 is 1.96. The molecule has 1 aliphatic carbocycles. The highest BCUT2D eigenvalue weighted by atomic mass is 32.2. The first-order valence-electron chi connectivity index (χ1n) is 6.60. The molecule has 0 aromatic carbocycles. The summed E-state index contributed by atoms with van der Waals surface area (Å²) in [6, 6.07) is 0. The largest absolute Gasteiger partial charge is 0.389 e. The van der Waals surface area contributed by atoms with Crippen molar-refractivity contribution >= 4 is 11.8 Å². The zero-order valence-electron chi connectivity index (χ0n) is 11.4. The van der Waals surface area contributed by atoms with Crippen LogP contribution in [0.4, 0.5) is 0 Å². The second-order valence-corrected chi connectivity index (χ2v) is 6.73. The molecule has 1 atom stereocenters. The number of thioether (sulfide) groups is 1. The molecule has 0 bridgehead atoms. The fourth-order valence-electron chi connectivity index (χ4n) is 1.99. The molecule has 1 rings (SSSR count). The van der Waals surface area contributed by atoms with Crippen LogP contribution < -0.4 is 5.32 Å². The van der Waals surface area contributed by atoms with Gasteiger partial charge in [0.15, 0.2) is 0 Å². The molecule has 2 N–H and O–H groups in total. The lowest BCUT2D eigenvalue weighted by molar-refractivity contribution is 0.0257. The van der Waals surface area contributed by atoms with E-state index in [2.05, 4.69) is 25.4 Å². The fourth-order valence-corrected chi connectivity index (χ4v) is 2.93. The molecular weight excluding hydrogens is 234 g/mol. The molecule has 0 saturated heterocycles. The van der Waals surface area contributed by atoms with E-state index in [0.717, 1.165) is 13.2 Å². The van der Waals surface area contributed by atoms with Gasteiger partial charge in [-0.15, -0.1) is 0 Å². The third kappa shape index (κ3) is 5.60. The lowest BCUT2D eigenvalue weighted by atomic mass is 9.84. The van der Waals surface area contributed by atoms with Crippen LogP contribution in [0.5, 0.6) is 0 Å². The summed E-state index contributed by atoms with van der Waals surface area (Å²) in [6.07, 6.45) is 5.76. The molecule has 1 unspecified atom stereocenters. The zero-order valence-corrected chi connectivity index (χ0v) is 12.2. The number of ether oxygens (including phenoxy) is 1. The van der Waals surface area contributed by atoms with Gasteiger partial charge in [0.25, 0.3) is 0 Å². The highest BCUT2D eigenvalue weighted by Crippen LogP contribution is 2.42. The number of aliphatic hydroxyl groups excluding tert-OH is 1. The van der Waals surface area contributed by atoms with Gasteiger partial charge in [-0.05, 0) is 25.0 Å². The molecule has 1 saturated carbocycles. The summed E-state index contributed by atoms with van der Waals surface area (Å²) in [5.74, 6) is 0.532. The second-order valence-electron chi connectivity index (χ2n) is 5.46. The van der Waals surface area contributed by atoms with Gasteiger partial charge in [0.1, 0.15) is 0 Å². The number of rotatable bonds is 9. The van der Waals surface area contributed by atoms with Crippen LogP contribution >= 0.6 is 11.8 Å². The Morgan fingerprint density at radius 1 is 1.35 bits per heavy atom. The van der Waals surface area contributed by atoms with Crippen molar-refractivity contribution in [3.8, 4) is 0 Å². The smallest absolute Gasteiger partial charge is 0.0897 e. The van der Waals surface area contributed by atoms with E-state index in [1.165, 1.54) is 19.3 Å². The molecule has 17 heavy (non-hydrogen) atoms. The average molecular weight is 261 g/mol. The highest BCUT2D eigenvalue weighted by molar-refractivity contribution is 8.00. The number of hydrogen-bond acceptors (Lipinski definition) is 4. The summed E-state index contributed by atoms with van der Waals surface area (Å²) in [5.41, 5.74) is 0. The van der Waals surface area contributed by atoms with Crippen LogP contribution in [-0.2, 0) is 4.74 Å². The van der Waals surface area contributed by atoms with Crippen LogP contribution in [0.15, 0.2) is 0 Å². The molecule has 0 spiro atoms. The monoisotopic (exact) mass is 261 g/mol. The van der Waals surface area contributed by atoms with Crippen molar-refractivity contribution in [2.75, 3.05) is 32.6 Å². The molecule has 0 heterocycles. The molecular formula is C13H27NO2S. The first kappa shape index (κ1) is 15.3. The van der Waals surface area contributed by atoms with Gasteiger partial charge in [0.2, 0.25) is 0 Å². The van der Waals surface area contributed by atoms with Crippen molar-refractivity contribution in [1.29, 1.82) is 0 Å². The predicted molar refractivity (Wildman–Crippen MR) is 74.6 cm³/mol. The van der Waals surface area contributed by atoms with Crippen LogP contribution in [0.25, 0.3) is 0 Å². The van der Waals surface area contributed by atoms with Crippen molar-refractivity contribution in [3.05, 3.63) is 0 Å². The van der Waals surface area contributed by atoms with Gasteiger partial charge in [-0.2, -0.15) is 11.8 Å². The van der Waals surface area contributed by atoms with Crippen LogP contribution in [0.3, 0.4) is 0 Å². The summed E-state index contributed by atoms with van der Waals surface area (Å²) < 4.78 is 5.85. The average Bonchev–Trinajstić information content (AvgIpc) is 2.21. The molecule has 0 aromatic rings. The highest BCUT2D eigenvalue weighted by Gasteiger charge is 2.35. The van der Waals surface area contributed by atoms with Crippen LogP contribution in [0, 0.1) is 5.92 Å². The van der Waals surface area contributed by atoms with Crippen LogP contribution in [-0.4, -0.2) is 48.5 Å². The lowest BCUT2D eigenvalue weighted by Crippen LogP contribution is -2.45. The van der Waals surface area contributed by atoms with Gasteiger partial charge in [0.05, 0.1) is 12.7 Å². The van der Waals surface area contributed by atoms with Gasteiger partial charge in [-0.25, -0.2) is 0 Å². The van der Waals surface area contributed by atoms with E-state index in [0.29, 0.717) is 23.8 Å². The van der Waals surface area contributed by atoms with Crippen molar-refractivity contribution < 1.29 is 9.84 Å². The van der Waals surface area contributed by atoms with Crippen molar-refractivity contribution in [2.45, 2.75) is 44.0 Å². The van der Waals surface area contributed by atoms with E-state index in [9.17, 15) is 5.11 Å². The molecule has 1 fully saturated rings. The summed E-state index contributed by atoms with van der Waals surface area (Å²) in [7, 11) is 0. The molecule has 4 heteroatoms. The van der Waals surface area contributed by atoms with Crippen LogP contribution in [0.1, 0.15) is 33.1 Å². The maximum absolute atomic E-state index is 9.73. The summed E-state index contributed by atoms with van der Waals surface area (Å²) in [4.78, 5) is 0. The Bertz CT molecular complexity index is 202. The molecule has 102 valence electrons. The molecule has 0 aliphatic heterocycles. The third-order valence-corrected chi connectivity index (χ3v) is 4.70. The van der Waals surface area contributed by atoms with E-state index < -0.39 is 0 Å². The first-order valence-corrected chi connectivity index (χ1v) is 7.82. The van der Waals surface area contributed by atoms with Gasteiger partial charge >= 0.3 is 0 Å². The summed E-state index contributed by atoms with van der Waals surface area (Å²) in [6.45, 7) is 7.05. The van der Waals surface area contributed by atoms with E-state index >= 15 is 0 Å². The van der Waals surface area contributed by atoms with E-state index in [-0.39, 0.29) is 6.10 Å². The minimum atomic E-state index is -0.382. The van der Waals surface area contributed by atoms with Crippen molar-refractivity contribution in [3.63, 3.8) is 0 Å². The quantitative estimate of drug-likeness (QED) is 0.665. The van der Waals surface area contributed by atoms with E-state index in [1.54, 1.807) is 0 Å². The maximum atomic E-state index is 9.73. The molecule has 3 nitrogen and oxygen atoms in total. The normalized spacial score (nSPS) is 20.3. The third-order valence-electron chi connectivity index (χ3n) is 3.29. The zero-order chi connectivity index (χ0) is 12.7. The molecule has 0 radical (unpaired) electrons. The second kappa shape index (κ2) is 7.62. The fraction of sp³-hybridized carbons (Fsp3) is 1.00. The topological polar surface area (TPSA) is 41.5 Å². The number of hydrogen-bond donors (Lipinski definition) is 2. The van der Waals surface area contributed by atoms with Gasteiger partial charge in [-0.1, -0.05) is 20.3 Å². The van der Waals surface area contributed by atoms with E-state index in [4.69, 9.17) is 4.74 Å². The Hall–Kier alpha value is 0.230. The molecule has 0 aromatic heterocycles. The lowest BCUT2D eigenvalue weighted by Gasteiger charge is -2.40. The maximum Gasteiger partial charge on any atom is 0.0897 e. The van der Waals surface area contributed by atoms with Gasteiger partial charge in [-0.3, -0.25) is 0 Å². The molecule has 1 aliphatic rings. The first-order chi connectivity index (χ1) is 8.08. The van der Waals surface area contributed by atoms with Gasteiger partial charge < -0.3 is 15.2 Å². The molecule has 0 amide bonds. The Morgan fingerprint density at radius 2 is 2.06 bits per heavy atom. The minimum absolute atomic E-state index is 0.382. The van der Waals surface area contributed by atoms with Crippen molar-refractivity contribution in [1.82, 2.24) is 5.32 Å². The van der Waals surface area contributed by atoms with E-state index in [1.807, 2.05) is 11.8 Å². The SMILES string of the molecule is CSC1(CNCC(O)COCC(C)C)CCC1. The standard InChI is InChI=1S/C13H27NO2S/c1-11(2)8-16-9-12(15)7-14-10-13(17-3)5-4-6-13/h11-12,14-15H,4-10H2,1-3H3. The van der Waals surface area contributed by atoms with Crippen LogP contribution in [0.2, 0.25) is 0 Å². The number of aliphatic hydroxyl groups is 1. The Kier molecular flexibility index (Phi) is 6.85. The van der Waals surface area contributed by atoms with Gasteiger partial charge in [0, 0.05) is 24.4 Å². The predicted octanol–water partition coefficient (Wildman–Crippen LogP) is 1.90. The Morgan fingerprint density at radius 3 is 2.53 bits per heavy atom. The Labute approximate surface area is 110 Å². The minimum Gasteiger partial charge on any atom is -0.389 e. The van der Waals surface area contributed by atoms with Crippen molar-refractivity contribution in [2.24, 2.45) is 5.92 Å². The Balaban J connectivity index is 2.01.